The number of rotatable bonds is 7. The zero-order chi connectivity index (χ0) is 19.2. The molecule has 138 valence electrons. The van der Waals surface area contributed by atoms with E-state index < -0.39 is 0 Å². The summed E-state index contributed by atoms with van der Waals surface area (Å²) in [7, 11) is 0. The number of benzene rings is 2. The van der Waals surface area contributed by atoms with Crippen molar-refractivity contribution in [3.8, 4) is 23.1 Å². The lowest BCUT2D eigenvalue weighted by molar-refractivity contribution is 0.220. The maximum absolute atomic E-state index is 8.88. The first-order valence-corrected chi connectivity index (χ1v) is 9.46. The Balaban J connectivity index is 2.09. The molecule has 0 fully saturated rings. The molecular formula is C21H23N5S. The molecule has 0 unspecified atom stereocenters. The summed E-state index contributed by atoms with van der Waals surface area (Å²) in [4.78, 5) is 2.17. The van der Waals surface area contributed by atoms with Crippen LogP contribution in [-0.2, 0) is 6.67 Å². The molecule has 0 bridgehead atoms. The van der Waals surface area contributed by atoms with E-state index in [1.54, 1.807) is 0 Å². The third-order valence-corrected chi connectivity index (χ3v) is 4.85. The maximum Gasteiger partial charge on any atom is 0.204 e. The summed E-state index contributed by atoms with van der Waals surface area (Å²) in [6.45, 7) is 6.25. The van der Waals surface area contributed by atoms with Gasteiger partial charge in [-0.1, -0.05) is 49.4 Å². The van der Waals surface area contributed by atoms with Gasteiger partial charge in [0.25, 0.3) is 0 Å². The molecule has 1 aromatic heterocycles. The molecule has 0 aliphatic carbocycles. The van der Waals surface area contributed by atoms with E-state index in [9.17, 15) is 0 Å². The fourth-order valence-electron chi connectivity index (χ4n) is 3.00. The highest BCUT2D eigenvalue weighted by atomic mass is 32.1. The van der Waals surface area contributed by atoms with E-state index in [2.05, 4.69) is 43.0 Å². The Morgan fingerprint density at radius 1 is 1.15 bits per heavy atom. The van der Waals surface area contributed by atoms with E-state index >= 15 is 0 Å². The Labute approximate surface area is 165 Å². The van der Waals surface area contributed by atoms with Crippen LogP contribution >= 0.6 is 12.2 Å². The van der Waals surface area contributed by atoms with E-state index in [4.69, 9.17) is 22.6 Å². The van der Waals surface area contributed by atoms with Crippen molar-refractivity contribution in [3.63, 3.8) is 0 Å². The minimum atomic E-state index is 0.491. The van der Waals surface area contributed by atoms with Crippen LogP contribution in [0.3, 0.4) is 0 Å². The van der Waals surface area contributed by atoms with Crippen LogP contribution in [0, 0.1) is 23.0 Å². The van der Waals surface area contributed by atoms with E-state index in [1.807, 2.05) is 45.6 Å². The van der Waals surface area contributed by atoms with Crippen LogP contribution in [0.15, 0.2) is 54.6 Å². The standard InChI is InChI=1S/C21H23N5S/c1-3-24(14-8-13-22)16-25-21(27)26(19-12-7-9-17(2)15-19)20(23-25)18-10-5-4-6-11-18/h4-7,9-12,15H,3,8,14,16H2,1-2H3. The average molecular weight is 378 g/mol. The zero-order valence-electron chi connectivity index (χ0n) is 15.7. The molecule has 0 saturated carbocycles. The summed E-state index contributed by atoms with van der Waals surface area (Å²) in [6.07, 6.45) is 0.491. The molecule has 0 saturated heterocycles. The quantitative estimate of drug-likeness (QED) is 0.566. The molecule has 0 radical (unpaired) electrons. The van der Waals surface area contributed by atoms with Gasteiger partial charge in [0.15, 0.2) is 5.82 Å². The Bertz CT molecular complexity index is 997. The fourth-order valence-corrected chi connectivity index (χ4v) is 3.29. The first kappa shape index (κ1) is 19.0. The maximum atomic E-state index is 8.88. The van der Waals surface area contributed by atoms with Gasteiger partial charge in [-0.2, -0.15) is 5.26 Å². The molecule has 3 aromatic rings. The molecule has 0 spiro atoms. The molecule has 3 rings (SSSR count). The molecule has 27 heavy (non-hydrogen) atoms. The summed E-state index contributed by atoms with van der Waals surface area (Å²) >= 11 is 5.79. The molecule has 0 aliphatic rings. The minimum absolute atomic E-state index is 0.491. The molecule has 0 aliphatic heterocycles. The second kappa shape index (κ2) is 8.76. The van der Waals surface area contributed by atoms with Crippen LogP contribution in [0.4, 0.5) is 0 Å². The Kier molecular flexibility index (Phi) is 6.17. The summed E-state index contributed by atoms with van der Waals surface area (Å²) in [5.74, 6) is 0.822. The Morgan fingerprint density at radius 2 is 1.93 bits per heavy atom. The van der Waals surface area contributed by atoms with Crippen molar-refractivity contribution in [2.45, 2.75) is 26.9 Å². The van der Waals surface area contributed by atoms with E-state index in [1.165, 1.54) is 5.56 Å². The molecule has 1 heterocycles. The van der Waals surface area contributed by atoms with Crippen molar-refractivity contribution < 1.29 is 0 Å². The highest BCUT2D eigenvalue weighted by Gasteiger charge is 2.16. The van der Waals surface area contributed by atoms with Gasteiger partial charge in [-0.15, -0.1) is 5.10 Å². The van der Waals surface area contributed by atoms with Crippen LogP contribution in [0.25, 0.3) is 17.1 Å². The SMILES string of the molecule is CCN(CCC#N)Cn1nc(-c2ccccc2)n(-c2cccc(C)c2)c1=S. The van der Waals surface area contributed by atoms with Gasteiger partial charge in [-0.3, -0.25) is 9.47 Å². The first-order chi connectivity index (χ1) is 13.1. The van der Waals surface area contributed by atoms with Crippen molar-refractivity contribution in [3.05, 3.63) is 64.9 Å². The molecule has 5 nitrogen and oxygen atoms in total. The van der Waals surface area contributed by atoms with Crippen molar-refractivity contribution in [2.75, 3.05) is 13.1 Å². The number of nitrogens with zero attached hydrogens (tertiary/aromatic N) is 5. The van der Waals surface area contributed by atoms with Gasteiger partial charge in [-0.25, -0.2) is 4.68 Å². The summed E-state index contributed by atoms with van der Waals surface area (Å²) in [5.41, 5.74) is 3.19. The molecule has 2 aromatic carbocycles. The van der Waals surface area contributed by atoms with Crippen molar-refractivity contribution in [1.29, 1.82) is 5.26 Å². The number of aromatic nitrogens is 3. The van der Waals surface area contributed by atoms with Crippen molar-refractivity contribution >= 4 is 12.2 Å². The lowest BCUT2D eigenvalue weighted by Gasteiger charge is -2.18. The van der Waals surface area contributed by atoms with Gasteiger partial charge in [0, 0.05) is 18.5 Å². The number of aryl methyl sites for hydroxylation is 1. The summed E-state index contributed by atoms with van der Waals surface area (Å²) in [5, 5.41) is 13.7. The van der Waals surface area contributed by atoms with Crippen LogP contribution in [0.5, 0.6) is 0 Å². The fraction of sp³-hybridized carbons (Fsp3) is 0.286. The van der Waals surface area contributed by atoms with E-state index in [0.29, 0.717) is 24.4 Å². The predicted octanol–water partition coefficient (Wildman–Crippen LogP) is 4.57. The van der Waals surface area contributed by atoms with Gasteiger partial charge >= 0.3 is 0 Å². The van der Waals surface area contributed by atoms with Gasteiger partial charge in [0.1, 0.15) is 0 Å². The number of nitriles is 1. The largest absolute Gasteiger partial charge is 0.284 e. The zero-order valence-corrected chi connectivity index (χ0v) is 16.5. The van der Waals surface area contributed by atoms with Crippen molar-refractivity contribution in [1.82, 2.24) is 19.2 Å². The molecular weight excluding hydrogens is 354 g/mol. The van der Waals surface area contributed by atoms with Gasteiger partial charge in [0.05, 0.1) is 18.4 Å². The van der Waals surface area contributed by atoms with Gasteiger partial charge in [0.2, 0.25) is 4.77 Å². The number of hydrogen-bond acceptors (Lipinski definition) is 4. The smallest absolute Gasteiger partial charge is 0.204 e. The average Bonchev–Trinajstić information content (AvgIpc) is 3.02. The second-order valence-corrected chi connectivity index (χ2v) is 6.77. The topological polar surface area (TPSA) is 49.8 Å². The molecule has 6 heteroatoms. The van der Waals surface area contributed by atoms with Crippen molar-refractivity contribution in [2.24, 2.45) is 0 Å². The lowest BCUT2D eigenvalue weighted by Crippen LogP contribution is -2.28. The third kappa shape index (κ3) is 4.33. The van der Waals surface area contributed by atoms with E-state index in [-0.39, 0.29) is 0 Å². The second-order valence-electron chi connectivity index (χ2n) is 6.41. The Hall–Kier alpha value is -2.75. The number of hydrogen-bond donors (Lipinski definition) is 0. The first-order valence-electron chi connectivity index (χ1n) is 9.05. The van der Waals surface area contributed by atoms with Gasteiger partial charge in [-0.05, 0) is 43.4 Å². The molecule has 0 atom stereocenters. The summed E-state index contributed by atoms with van der Waals surface area (Å²) in [6, 6.07) is 20.6. The molecule has 0 amide bonds. The predicted molar refractivity (Wildman–Crippen MR) is 110 cm³/mol. The van der Waals surface area contributed by atoms with Crippen LogP contribution < -0.4 is 0 Å². The van der Waals surface area contributed by atoms with Crippen LogP contribution in [0.1, 0.15) is 18.9 Å². The monoisotopic (exact) mass is 377 g/mol. The minimum Gasteiger partial charge on any atom is -0.284 e. The van der Waals surface area contributed by atoms with Gasteiger partial charge < -0.3 is 0 Å². The third-order valence-electron chi connectivity index (χ3n) is 4.45. The Morgan fingerprint density at radius 3 is 2.59 bits per heavy atom. The lowest BCUT2D eigenvalue weighted by atomic mass is 10.2. The molecule has 0 N–H and O–H groups in total. The highest BCUT2D eigenvalue weighted by Crippen LogP contribution is 2.23. The highest BCUT2D eigenvalue weighted by molar-refractivity contribution is 7.71. The van der Waals surface area contributed by atoms with E-state index in [0.717, 1.165) is 23.6 Å². The normalized spacial score (nSPS) is 10.9. The summed E-state index contributed by atoms with van der Waals surface area (Å²) < 4.78 is 4.52. The van der Waals surface area contributed by atoms with Crippen LogP contribution in [-0.4, -0.2) is 32.3 Å². The van der Waals surface area contributed by atoms with Crippen LogP contribution in [0.2, 0.25) is 0 Å².